The Morgan fingerprint density at radius 3 is 2.81 bits per heavy atom. The van der Waals surface area contributed by atoms with Gasteiger partial charge in [0.2, 0.25) is 0 Å². The molecule has 112 valence electrons. The van der Waals surface area contributed by atoms with Gasteiger partial charge in [-0.05, 0) is 61.2 Å². The molecule has 0 bridgehead atoms. The number of rotatable bonds is 3. The fraction of sp³-hybridized carbons (Fsp3) is 0.444. The highest BCUT2D eigenvalue weighted by atomic mass is 79.9. The van der Waals surface area contributed by atoms with Crippen molar-refractivity contribution in [2.45, 2.75) is 44.8 Å². The van der Waals surface area contributed by atoms with Crippen molar-refractivity contribution in [2.24, 2.45) is 0 Å². The lowest BCUT2D eigenvalue weighted by molar-refractivity contribution is -0.0708. The van der Waals surface area contributed by atoms with Gasteiger partial charge in [0.05, 0.1) is 5.60 Å². The highest BCUT2D eigenvalue weighted by molar-refractivity contribution is 9.10. The van der Waals surface area contributed by atoms with Crippen molar-refractivity contribution in [3.05, 3.63) is 40.9 Å². The quantitative estimate of drug-likeness (QED) is 0.806. The van der Waals surface area contributed by atoms with Crippen LogP contribution >= 0.6 is 15.9 Å². The minimum atomic E-state index is 0.0254. The minimum absolute atomic E-state index is 0.0254. The van der Waals surface area contributed by atoms with Crippen molar-refractivity contribution in [3.8, 4) is 0 Å². The van der Waals surface area contributed by atoms with E-state index in [0.29, 0.717) is 6.04 Å². The first kappa shape index (κ1) is 14.9. The number of fused-ring (bicyclic) bond motifs is 1. The molecular formula is C18H22BrNO. The van der Waals surface area contributed by atoms with Crippen LogP contribution in [-0.2, 0) is 4.74 Å². The SMILES string of the molecule is CCC1(C)CC(Nc2ccc3cc(Br)ccc3c2)CCO1. The predicted octanol–water partition coefficient (Wildman–Crippen LogP) is 5.36. The molecule has 1 aliphatic rings. The molecule has 2 atom stereocenters. The van der Waals surface area contributed by atoms with Gasteiger partial charge in [-0.1, -0.05) is 35.0 Å². The second kappa shape index (κ2) is 5.98. The summed E-state index contributed by atoms with van der Waals surface area (Å²) < 4.78 is 7.04. The Morgan fingerprint density at radius 1 is 1.24 bits per heavy atom. The van der Waals surface area contributed by atoms with Crippen molar-refractivity contribution in [2.75, 3.05) is 11.9 Å². The Bertz CT molecular complexity index is 642. The second-order valence-corrected chi connectivity index (χ2v) is 7.11. The number of hydrogen-bond donors (Lipinski definition) is 1. The third kappa shape index (κ3) is 3.41. The summed E-state index contributed by atoms with van der Waals surface area (Å²) >= 11 is 3.52. The maximum atomic E-state index is 5.92. The van der Waals surface area contributed by atoms with Crippen LogP contribution in [0.5, 0.6) is 0 Å². The van der Waals surface area contributed by atoms with Gasteiger partial charge in [0.1, 0.15) is 0 Å². The molecule has 1 aliphatic heterocycles. The summed E-state index contributed by atoms with van der Waals surface area (Å²) in [6.07, 6.45) is 3.22. The van der Waals surface area contributed by atoms with E-state index in [2.05, 4.69) is 71.5 Å². The first-order chi connectivity index (χ1) is 10.1. The lowest BCUT2D eigenvalue weighted by atomic mass is 9.90. The number of benzene rings is 2. The standard InChI is InChI=1S/C18H22BrNO/c1-3-18(2)12-17(8-9-21-18)20-16-7-5-13-10-15(19)6-4-14(13)11-16/h4-7,10-11,17,20H,3,8-9,12H2,1-2H3. The normalized spacial score (nSPS) is 26.0. The Morgan fingerprint density at radius 2 is 2.00 bits per heavy atom. The lowest BCUT2D eigenvalue weighted by Gasteiger charge is -2.38. The smallest absolute Gasteiger partial charge is 0.0671 e. The van der Waals surface area contributed by atoms with E-state index >= 15 is 0 Å². The molecule has 2 aromatic rings. The van der Waals surface area contributed by atoms with E-state index in [4.69, 9.17) is 4.74 Å². The molecule has 3 heteroatoms. The second-order valence-electron chi connectivity index (χ2n) is 6.19. The molecule has 2 unspecified atom stereocenters. The zero-order valence-electron chi connectivity index (χ0n) is 12.7. The van der Waals surface area contributed by atoms with Gasteiger partial charge in [0, 0.05) is 22.8 Å². The number of nitrogens with one attached hydrogen (secondary N) is 1. The van der Waals surface area contributed by atoms with Crippen molar-refractivity contribution in [1.29, 1.82) is 0 Å². The molecule has 2 nitrogen and oxygen atoms in total. The highest BCUT2D eigenvalue weighted by Gasteiger charge is 2.31. The fourth-order valence-electron chi connectivity index (χ4n) is 3.04. The molecule has 1 saturated heterocycles. The average Bonchev–Trinajstić information content (AvgIpc) is 2.48. The molecule has 0 amide bonds. The molecule has 3 rings (SSSR count). The summed E-state index contributed by atoms with van der Waals surface area (Å²) in [4.78, 5) is 0. The molecule has 0 spiro atoms. The van der Waals surface area contributed by atoms with E-state index in [0.717, 1.165) is 30.3 Å². The van der Waals surface area contributed by atoms with Gasteiger partial charge in [-0.2, -0.15) is 0 Å². The van der Waals surface area contributed by atoms with Crippen LogP contribution in [0.2, 0.25) is 0 Å². The Hall–Kier alpha value is -1.06. The number of anilines is 1. The van der Waals surface area contributed by atoms with Crippen LogP contribution in [0, 0.1) is 0 Å². The third-order valence-electron chi connectivity index (χ3n) is 4.52. The van der Waals surface area contributed by atoms with Crippen LogP contribution in [-0.4, -0.2) is 18.2 Å². The minimum Gasteiger partial charge on any atom is -0.382 e. The number of ether oxygens (including phenoxy) is 1. The van der Waals surface area contributed by atoms with E-state index in [1.807, 2.05) is 0 Å². The predicted molar refractivity (Wildman–Crippen MR) is 92.9 cm³/mol. The molecule has 2 aromatic carbocycles. The molecular weight excluding hydrogens is 326 g/mol. The average molecular weight is 348 g/mol. The molecule has 0 aromatic heterocycles. The summed E-state index contributed by atoms with van der Waals surface area (Å²) in [6, 6.07) is 13.5. The van der Waals surface area contributed by atoms with Crippen LogP contribution in [0.25, 0.3) is 10.8 Å². The molecule has 0 saturated carbocycles. The van der Waals surface area contributed by atoms with Gasteiger partial charge in [0.15, 0.2) is 0 Å². The van der Waals surface area contributed by atoms with Crippen LogP contribution in [0.4, 0.5) is 5.69 Å². The van der Waals surface area contributed by atoms with E-state index < -0.39 is 0 Å². The number of halogens is 1. The molecule has 0 aliphatic carbocycles. The van der Waals surface area contributed by atoms with Gasteiger partial charge in [-0.3, -0.25) is 0 Å². The maximum Gasteiger partial charge on any atom is 0.0671 e. The maximum absolute atomic E-state index is 5.92. The van der Waals surface area contributed by atoms with Gasteiger partial charge in [0.25, 0.3) is 0 Å². The van der Waals surface area contributed by atoms with Crippen molar-refractivity contribution in [1.82, 2.24) is 0 Å². The van der Waals surface area contributed by atoms with Gasteiger partial charge in [-0.15, -0.1) is 0 Å². The third-order valence-corrected chi connectivity index (χ3v) is 5.01. The van der Waals surface area contributed by atoms with Crippen LogP contribution < -0.4 is 5.32 Å². The Balaban J connectivity index is 1.77. The van der Waals surface area contributed by atoms with Gasteiger partial charge >= 0.3 is 0 Å². The largest absolute Gasteiger partial charge is 0.382 e. The van der Waals surface area contributed by atoms with Gasteiger partial charge < -0.3 is 10.1 Å². The zero-order valence-corrected chi connectivity index (χ0v) is 14.2. The summed E-state index contributed by atoms with van der Waals surface area (Å²) in [6.45, 7) is 5.28. The summed E-state index contributed by atoms with van der Waals surface area (Å²) in [5.74, 6) is 0. The zero-order chi connectivity index (χ0) is 14.9. The van der Waals surface area contributed by atoms with Crippen molar-refractivity contribution < 1.29 is 4.74 Å². The van der Waals surface area contributed by atoms with Crippen LogP contribution in [0.1, 0.15) is 33.1 Å². The summed E-state index contributed by atoms with van der Waals surface area (Å²) in [5, 5.41) is 6.22. The first-order valence-electron chi connectivity index (χ1n) is 7.68. The van der Waals surface area contributed by atoms with Gasteiger partial charge in [-0.25, -0.2) is 0 Å². The number of hydrogen-bond acceptors (Lipinski definition) is 2. The lowest BCUT2D eigenvalue weighted by Crippen LogP contribution is -2.41. The summed E-state index contributed by atoms with van der Waals surface area (Å²) in [7, 11) is 0. The molecule has 21 heavy (non-hydrogen) atoms. The van der Waals surface area contributed by atoms with Crippen molar-refractivity contribution in [3.63, 3.8) is 0 Å². The monoisotopic (exact) mass is 347 g/mol. The van der Waals surface area contributed by atoms with E-state index in [9.17, 15) is 0 Å². The molecule has 1 N–H and O–H groups in total. The molecule has 1 heterocycles. The van der Waals surface area contributed by atoms with E-state index in [-0.39, 0.29) is 5.60 Å². The fourth-order valence-corrected chi connectivity index (χ4v) is 3.42. The molecule has 0 radical (unpaired) electrons. The first-order valence-corrected chi connectivity index (χ1v) is 8.47. The topological polar surface area (TPSA) is 21.3 Å². The molecule has 1 fully saturated rings. The Kier molecular flexibility index (Phi) is 4.23. The highest BCUT2D eigenvalue weighted by Crippen LogP contribution is 2.30. The van der Waals surface area contributed by atoms with E-state index in [1.54, 1.807) is 0 Å². The summed E-state index contributed by atoms with van der Waals surface area (Å²) in [5.41, 5.74) is 1.23. The van der Waals surface area contributed by atoms with E-state index in [1.165, 1.54) is 16.5 Å². The van der Waals surface area contributed by atoms with Crippen molar-refractivity contribution >= 4 is 32.4 Å². The van der Waals surface area contributed by atoms with Crippen LogP contribution in [0.3, 0.4) is 0 Å². The Labute approximate surface area is 135 Å². The van der Waals surface area contributed by atoms with Crippen LogP contribution in [0.15, 0.2) is 40.9 Å².